The number of carbonyl (C=O) groups is 1. The fourth-order valence-electron chi connectivity index (χ4n) is 4.19. The number of halogens is 3. The maximum absolute atomic E-state index is 14.9. The Morgan fingerprint density at radius 3 is 2.53 bits per heavy atom. The minimum atomic E-state index is -2.85. The lowest BCUT2D eigenvalue weighted by molar-refractivity contribution is 0.0257. The normalized spacial score (nSPS) is 15.9. The predicted octanol–water partition coefficient (Wildman–Crippen LogP) is 4.78. The van der Waals surface area contributed by atoms with E-state index in [-0.39, 0.29) is 35.7 Å². The van der Waals surface area contributed by atoms with Gasteiger partial charge in [0.15, 0.2) is 5.82 Å². The highest BCUT2D eigenvalue weighted by molar-refractivity contribution is 6.18. The highest BCUT2D eigenvalue weighted by atomic mass is 19.3. The van der Waals surface area contributed by atoms with Crippen molar-refractivity contribution in [3.05, 3.63) is 60.1 Å². The number of fused-ring (bicyclic) bond motifs is 3. The Morgan fingerprint density at radius 1 is 1.12 bits per heavy atom. The van der Waals surface area contributed by atoms with Gasteiger partial charge in [0, 0.05) is 48.2 Å². The van der Waals surface area contributed by atoms with Gasteiger partial charge in [0.05, 0.1) is 23.1 Å². The number of rotatable bonds is 3. The Bertz CT molecular complexity index is 1350. The quantitative estimate of drug-likeness (QED) is 0.460. The second-order valence-electron chi connectivity index (χ2n) is 8.32. The summed E-state index contributed by atoms with van der Waals surface area (Å²) in [7, 11) is 0. The Hall–Kier alpha value is -3.49. The van der Waals surface area contributed by atoms with Crippen LogP contribution in [0.3, 0.4) is 0 Å². The van der Waals surface area contributed by atoms with Gasteiger partial charge in [-0.1, -0.05) is 19.9 Å². The van der Waals surface area contributed by atoms with E-state index in [0.29, 0.717) is 22.2 Å². The van der Waals surface area contributed by atoms with Crippen LogP contribution in [-0.4, -0.2) is 44.4 Å². The van der Waals surface area contributed by atoms with Crippen molar-refractivity contribution >= 4 is 33.5 Å². The lowest BCUT2D eigenvalue weighted by atomic mass is 10.2. The average Bonchev–Trinajstić information content (AvgIpc) is 3.31. The second-order valence-corrected chi connectivity index (χ2v) is 8.32. The number of aromatic nitrogens is 4. The number of nitrogens with zero attached hydrogens (tertiary/aromatic N) is 5. The van der Waals surface area contributed by atoms with Crippen molar-refractivity contribution in [3.63, 3.8) is 0 Å². The summed E-state index contributed by atoms with van der Waals surface area (Å²) in [6, 6.07) is 6.04. The minimum absolute atomic E-state index is 0.0868. The molecule has 0 bridgehead atoms. The molecule has 0 saturated carbocycles. The molecule has 6 nitrogen and oxygen atoms in total. The minimum Gasteiger partial charge on any atom is -0.349 e. The maximum atomic E-state index is 14.9. The fourth-order valence-corrected chi connectivity index (χ4v) is 4.19. The van der Waals surface area contributed by atoms with Crippen molar-refractivity contribution in [1.82, 2.24) is 19.5 Å². The maximum Gasteiger partial charge on any atom is 0.266 e. The summed E-state index contributed by atoms with van der Waals surface area (Å²) in [5, 5.41) is 0.677. The lowest BCUT2D eigenvalue weighted by Gasteiger charge is -2.19. The molecule has 32 heavy (non-hydrogen) atoms. The van der Waals surface area contributed by atoms with Crippen LogP contribution in [-0.2, 0) is 0 Å². The highest BCUT2D eigenvalue weighted by Gasteiger charge is 2.40. The third-order valence-electron chi connectivity index (χ3n) is 5.74. The molecule has 1 saturated heterocycles. The largest absolute Gasteiger partial charge is 0.349 e. The molecule has 1 aliphatic heterocycles. The molecule has 0 N–H and O–H groups in total. The monoisotopic (exact) mass is 439 g/mol. The van der Waals surface area contributed by atoms with Crippen molar-refractivity contribution < 1.29 is 18.0 Å². The van der Waals surface area contributed by atoms with Crippen LogP contribution in [0.5, 0.6) is 0 Å². The van der Waals surface area contributed by atoms with Crippen LogP contribution in [0, 0.1) is 5.82 Å². The lowest BCUT2D eigenvalue weighted by Crippen LogP contribution is -2.26. The zero-order chi connectivity index (χ0) is 22.6. The SMILES string of the molecule is CC(C)c1ncc(C(=O)n2c3cccc(F)c3c3ccnc(N4CCC(F)(F)C4)c32)cn1. The average molecular weight is 439 g/mol. The molecule has 4 aromatic rings. The van der Waals surface area contributed by atoms with Crippen molar-refractivity contribution in [2.24, 2.45) is 0 Å². The van der Waals surface area contributed by atoms with Crippen LogP contribution >= 0.6 is 0 Å². The van der Waals surface area contributed by atoms with Crippen LogP contribution in [0.4, 0.5) is 19.0 Å². The van der Waals surface area contributed by atoms with E-state index in [1.807, 2.05) is 13.8 Å². The molecule has 1 aromatic carbocycles. The molecule has 164 valence electrons. The van der Waals surface area contributed by atoms with Gasteiger partial charge < -0.3 is 4.90 Å². The first-order chi connectivity index (χ1) is 15.3. The molecular weight excluding hydrogens is 419 g/mol. The van der Waals surface area contributed by atoms with E-state index in [2.05, 4.69) is 15.0 Å². The molecule has 0 aliphatic carbocycles. The van der Waals surface area contributed by atoms with E-state index in [1.54, 1.807) is 12.1 Å². The standard InChI is InChI=1S/C23H20F3N5O/c1-13(2)20-28-10-14(11-29-20)22(32)31-17-5-3-4-16(24)18(17)15-6-8-27-21(19(15)31)30-9-7-23(25,26)12-30/h3-6,8,10-11,13H,7,9,12H2,1-2H3. The molecule has 9 heteroatoms. The van der Waals surface area contributed by atoms with Gasteiger partial charge in [0.2, 0.25) is 0 Å². The van der Waals surface area contributed by atoms with Crippen molar-refractivity contribution in [2.45, 2.75) is 32.1 Å². The van der Waals surface area contributed by atoms with Gasteiger partial charge in [-0.25, -0.2) is 28.1 Å². The van der Waals surface area contributed by atoms with Crippen LogP contribution in [0.15, 0.2) is 42.9 Å². The van der Waals surface area contributed by atoms with Gasteiger partial charge >= 0.3 is 0 Å². The number of carbonyl (C=O) groups excluding carboxylic acids is 1. The summed E-state index contributed by atoms with van der Waals surface area (Å²) in [5.41, 5.74) is 0.834. The van der Waals surface area contributed by atoms with Crippen LogP contribution in [0.25, 0.3) is 21.8 Å². The number of hydrogen-bond acceptors (Lipinski definition) is 5. The molecule has 5 rings (SSSR count). The molecule has 0 atom stereocenters. The molecule has 0 amide bonds. The summed E-state index contributed by atoms with van der Waals surface area (Å²) in [6.45, 7) is 3.46. The topological polar surface area (TPSA) is 63.9 Å². The van der Waals surface area contributed by atoms with Crippen molar-refractivity contribution in [1.29, 1.82) is 0 Å². The van der Waals surface area contributed by atoms with Gasteiger partial charge in [0.25, 0.3) is 11.8 Å². The molecular formula is C23H20F3N5O. The fraction of sp³-hybridized carbons (Fsp3) is 0.304. The first-order valence-corrected chi connectivity index (χ1v) is 10.3. The van der Waals surface area contributed by atoms with Crippen LogP contribution < -0.4 is 4.90 Å². The zero-order valence-electron chi connectivity index (χ0n) is 17.5. The number of anilines is 1. The summed E-state index contributed by atoms with van der Waals surface area (Å²) < 4.78 is 44.1. The molecule has 0 spiro atoms. The Labute approximate surface area is 181 Å². The molecule has 1 fully saturated rings. The highest BCUT2D eigenvalue weighted by Crippen LogP contribution is 2.38. The van der Waals surface area contributed by atoms with E-state index in [0.717, 1.165) is 0 Å². The van der Waals surface area contributed by atoms with Gasteiger partial charge in [-0.3, -0.25) is 9.36 Å². The zero-order valence-corrected chi connectivity index (χ0v) is 17.5. The van der Waals surface area contributed by atoms with E-state index < -0.39 is 24.2 Å². The summed E-state index contributed by atoms with van der Waals surface area (Å²) in [6.07, 6.45) is 4.01. The van der Waals surface area contributed by atoms with Gasteiger partial charge in [0.1, 0.15) is 11.6 Å². The molecule has 4 heterocycles. The summed E-state index contributed by atoms with van der Waals surface area (Å²) in [4.78, 5) is 27.9. The third kappa shape index (κ3) is 3.19. The van der Waals surface area contributed by atoms with E-state index in [4.69, 9.17) is 0 Å². The summed E-state index contributed by atoms with van der Waals surface area (Å²) in [5.74, 6) is -2.93. The number of pyridine rings is 1. The van der Waals surface area contributed by atoms with Crippen molar-refractivity contribution in [2.75, 3.05) is 18.0 Å². The van der Waals surface area contributed by atoms with Crippen LogP contribution in [0.2, 0.25) is 0 Å². The third-order valence-corrected chi connectivity index (χ3v) is 5.74. The van der Waals surface area contributed by atoms with Crippen molar-refractivity contribution in [3.8, 4) is 0 Å². The van der Waals surface area contributed by atoms with Gasteiger partial charge in [-0.05, 0) is 18.2 Å². The van der Waals surface area contributed by atoms with Gasteiger partial charge in [-0.2, -0.15) is 0 Å². The summed E-state index contributed by atoms with van der Waals surface area (Å²) >= 11 is 0. The van der Waals surface area contributed by atoms with Crippen LogP contribution in [0.1, 0.15) is 42.4 Å². The second kappa shape index (κ2) is 7.29. The number of hydrogen-bond donors (Lipinski definition) is 0. The van der Waals surface area contributed by atoms with E-state index in [1.165, 1.54) is 40.2 Å². The van der Waals surface area contributed by atoms with E-state index >= 15 is 0 Å². The van der Waals surface area contributed by atoms with Gasteiger partial charge in [-0.15, -0.1) is 0 Å². The Balaban J connectivity index is 1.76. The first-order valence-electron chi connectivity index (χ1n) is 10.3. The van der Waals surface area contributed by atoms with E-state index in [9.17, 15) is 18.0 Å². The smallest absolute Gasteiger partial charge is 0.266 e. The Kier molecular flexibility index (Phi) is 4.65. The molecule has 3 aromatic heterocycles. The number of benzene rings is 1. The molecule has 0 unspecified atom stereocenters. The molecule has 0 radical (unpaired) electrons. The number of alkyl halides is 2. The Morgan fingerprint density at radius 2 is 1.88 bits per heavy atom. The predicted molar refractivity (Wildman–Crippen MR) is 115 cm³/mol. The first kappa shape index (κ1) is 20.4. The molecule has 1 aliphatic rings.